The molecule has 4 nitrogen and oxygen atoms in total. The first-order valence-electron chi connectivity index (χ1n) is 10.8. The Labute approximate surface area is 169 Å². The van der Waals surface area contributed by atoms with E-state index in [0.717, 1.165) is 12.1 Å². The lowest BCUT2D eigenvalue weighted by atomic mass is 9.56. The van der Waals surface area contributed by atoms with Crippen molar-refractivity contribution in [2.45, 2.75) is 59.5 Å². The fourth-order valence-electron chi connectivity index (χ4n) is 5.12. The molecule has 1 aromatic rings. The van der Waals surface area contributed by atoms with Crippen LogP contribution in [0, 0.1) is 23.2 Å². The molecule has 3 rings (SSSR count). The third-order valence-corrected chi connectivity index (χ3v) is 6.94. The lowest BCUT2D eigenvalue weighted by Gasteiger charge is -2.55. The number of carbonyl (C=O) groups is 1. The van der Waals surface area contributed by atoms with E-state index in [4.69, 9.17) is 9.47 Å². The highest BCUT2D eigenvalue weighted by atomic mass is 16.6. The number of rotatable bonds is 7. The molecule has 1 amide bonds. The van der Waals surface area contributed by atoms with Gasteiger partial charge in [-0.3, -0.25) is 5.32 Å². The van der Waals surface area contributed by atoms with E-state index in [0.29, 0.717) is 31.0 Å². The van der Waals surface area contributed by atoms with E-state index in [9.17, 15) is 4.79 Å². The van der Waals surface area contributed by atoms with Gasteiger partial charge in [-0.05, 0) is 37.3 Å². The number of anilines is 1. The molecule has 1 heterocycles. The van der Waals surface area contributed by atoms with Crippen molar-refractivity contribution in [2.24, 2.45) is 23.2 Å². The lowest BCUT2D eigenvalue weighted by molar-refractivity contribution is -0.164. The Hall–Kier alpha value is -1.81. The number of unbranched alkanes of at least 4 members (excludes halogenated alkanes) is 2. The SMILES string of the molecule is CCCCCC1OCC2(COC(=O)Nc3ccccc3)C(C)C=C(C)C1C2C. The molecule has 0 radical (unpaired) electrons. The second-order valence-corrected chi connectivity index (χ2v) is 8.66. The quantitative estimate of drug-likeness (QED) is 0.459. The van der Waals surface area contributed by atoms with Crippen LogP contribution in [0.15, 0.2) is 42.0 Å². The molecule has 1 N–H and O–H groups in total. The van der Waals surface area contributed by atoms with Gasteiger partial charge in [-0.2, -0.15) is 0 Å². The Morgan fingerprint density at radius 3 is 2.71 bits per heavy atom. The van der Waals surface area contributed by atoms with Gasteiger partial charge in [0.1, 0.15) is 6.61 Å². The molecule has 0 spiro atoms. The van der Waals surface area contributed by atoms with E-state index in [1.165, 1.54) is 24.8 Å². The van der Waals surface area contributed by atoms with E-state index in [2.05, 4.69) is 39.1 Å². The van der Waals surface area contributed by atoms with Crippen LogP contribution in [-0.2, 0) is 9.47 Å². The summed E-state index contributed by atoms with van der Waals surface area (Å²) in [6.45, 7) is 10.1. The van der Waals surface area contributed by atoms with E-state index in [1.807, 2.05) is 30.3 Å². The summed E-state index contributed by atoms with van der Waals surface area (Å²) >= 11 is 0. The van der Waals surface area contributed by atoms with Gasteiger partial charge in [-0.25, -0.2) is 4.79 Å². The Kier molecular flexibility index (Phi) is 6.82. The monoisotopic (exact) mass is 385 g/mol. The predicted molar refractivity (Wildman–Crippen MR) is 113 cm³/mol. The molecule has 154 valence electrons. The molecule has 0 saturated carbocycles. The van der Waals surface area contributed by atoms with E-state index in [-0.39, 0.29) is 11.5 Å². The first-order chi connectivity index (χ1) is 13.5. The number of benzene rings is 1. The number of fused-ring (bicyclic) bond motifs is 2. The number of allylic oxidation sites excluding steroid dienone is 1. The van der Waals surface area contributed by atoms with Crippen LogP contribution >= 0.6 is 0 Å². The predicted octanol–water partition coefficient (Wildman–Crippen LogP) is 6.05. The van der Waals surface area contributed by atoms with Crippen LogP contribution in [-0.4, -0.2) is 25.4 Å². The molecule has 4 heteroatoms. The van der Waals surface area contributed by atoms with Gasteiger partial charge in [0.2, 0.25) is 0 Å². The Morgan fingerprint density at radius 2 is 2.00 bits per heavy atom. The average Bonchev–Trinajstić information content (AvgIpc) is 2.67. The Balaban J connectivity index is 1.67. The highest BCUT2D eigenvalue weighted by molar-refractivity contribution is 5.84. The maximum atomic E-state index is 12.3. The summed E-state index contributed by atoms with van der Waals surface area (Å²) in [7, 11) is 0. The molecule has 2 bridgehead atoms. The fourth-order valence-corrected chi connectivity index (χ4v) is 5.12. The maximum Gasteiger partial charge on any atom is 0.411 e. The minimum absolute atomic E-state index is 0.153. The third-order valence-electron chi connectivity index (χ3n) is 6.94. The van der Waals surface area contributed by atoms with Crippen LogP contribution in [0.5, 0.6) is 0 Å². The van der Waals surface area contributed by atoms with Gasteiger partial charge >= 0.3 is 6.09 Å². The van der Waals surface area contributed by atoms with Crippen LogP contribution in [0.1, 0.15) is 53.4 Å². The molecule has 1 aromatic carbocycles. The number of carbonyl (C=O) groups excluding carboxylic acids is 1. The molecule has 5 unspecified atom stereocenters. The summed E-state index contributed by atoms with van der Waals surface area (Å²) in [5.41, 5.74) is 2.03. The highest BCUT2D eigenvalue weighted by Crippen LogP contribution is 2.53. The zero-order chi connectivity index (χ0) is 20.1. The minimum Gasteiger partial charge on any atom is -0.449 e. The summed E-state index contributed by atoms with van der Waals surface area (Å²) in [5, 5.41) is 2.82. The summed E-state index contributed by atoms with van der Waals surface area (Å²) < 4.78 is 12.1. The number of hydrogen-bond donors (Lipinski definition) is 1. The maximum absolute atomic E-state index is 12.3. The molecule has 1 saturated heterocycles. The standard InChI is InChI=1S/C24H35NO3/c1-5-6-8-13-21-22-17(2)14-18(3)24(15-27-21,19(22)4)16-28-23(26)25-20-11-9-7-10-12-20/h7,9-12,14,18-19,21-22H,5-6,8,13,15-16H2,1-4H3,(H,25,26). The molecule has 1 aliphatic carbocycles. The topological polar surface area (TPSA) is 47.6 Å². The zero-order valence-electron chi connectivity index (χ0n) is 17.7. The minimum atomic E-state index is -0.395. The fraction of sp³-hybridized carbons (Fsp3) is 0.625. The van der Waals surface area contributed by atoms with E-state index < -0.39 is 6.09 Å². The Morgan fingerprint density at radius 1 is 1.25 bits per heavy atom. The summed E-state index contributed by atoms with van der Waals surface area (Å²) in [6, 6.07) is 9.43. The number of nitrogens with one attached hydrogen (secondary N) is 1. The van der Waals surface area contributed by atoms with Gasteiger partial charge in [0.05, 0.1) is 12.7 Å². The summed E-state index contributed by atoms with van der Waals surface area (Å²) in [6.07, 6.45) is 7.10. The molecule has 1 aliphatic heterocycles. The van der Waals surface area contributed by atoms with Crippen molar-refractivity contribution in [1.82, 2.24) is 0 Å². The van der Waals surface area contributed by atoms with E-state index in [1.54, 1.807) is 0 Å². The number of hydrogen-bond acceptors (Lipinski definition) is 3. The second kappa shape index (κ2) is 9.13. The number of ether oxygens (including phenoxy) is 2. The van der Waals surface area contributed by atoms with Crippen molar-refractivity contribution in [2.75, 3.05) is 18.5 Å². The number of para-hydroxylation sites is 1. The zero-order valence-corrected chi connectivity index (χ0v) is 17.7. The number of amides is 1. The van der Waals surface area contributed by atoms with Crippen LogP contribution < -0.4 is 5.32 Å². The summed E-state index contributed by atoms with van der Waals surface area (Å²) in [5.74, 6) is 1.17. The molecule has 1 fully saturated rings. The largest absolute Gasteiger partial charge is 0.449 e. The first kappa shape index (κ1) is 20.9. The van der Waals surface area contributed by atoms with Gasteiger partial charge in [-0.15, -0.1) is 0 Å². The van der Waals surface area contributed by atoms with Gasteiger partial charge < -0.3 is 9.47 Å². The third kappa shape index (κ3) is 4.27. The highest BCUT2D eigenvalue weighted by Gasteiger charge is 2.53. The van der Waals surface area contributed by atoms with Crippen LogP contribution in [0.2, 0.25) is 0 Å². The molecule has 5 atom stereocenters. The van der Waals surface area contributed by atoms with Gasteiger partial charge in [0, 0.05) is 17.0 Å². The van der Waals surface area contributed by atoms with Crippen LogP contribution in [0.25, 0.3) is 0 Å². The van der Waals surface area contributed by atoms with Gasteiger partial charge in [0.15, 0.2) is 0 Å². The van der Waals surface area contributed by atoms with E-state index >= 15 is 0 Å². The molecule has 28 heavy (non-hydrogen) atoms. The van der Waals surface area contributed by atoms with Crippen molar-refractivity contribution in [1.29, 1.82) is 0 Å². The van der Waals surface area contributed by atoms with Crippen LogP contribution in [0.3, 0.4) is 0 Å². The molecule has 0 aromatic heterocycles. The molecule has 2 aliphatic rings. The first-order valence-corrected chi connectivity index (χ1v) is 10.8. The lowest BCUT2D eigenvalue weighted by Crippen LogP contribution is -2.56. The molecular formula is C24H35NO3. The second-order valence-electron chi connectivity index (χ2n) is 8.66. The van der Waals surface area contributed by atoms with Gasteiger partial charge in [0.25, 0.3) is 0 Å². The van der Waals surface area contributed by atoms with Crippen molar-refractivity contribution < 1.29 is 14.3 Å². The summed E-state index contributed by atoms with van der Waals surface area (Å²) in [4.78, 5) is 12.3. The normalized spacial score (nSPS) is 31.8. The van der Waals surface area contributed by atoms with Crippen molar-refractivity contribution in [3.05, 3.63) is 42.0 Å². The average molecular weight is 386 g/mol. The molecular weight excluding hydrogens is 350 g/mol. The van der Waals surface area contributed by atoms with Crippen molar-refractivity contribution >= 4 is 11.8 Å². The van der Waals surface area contributed by atoms with Gasteiger partial charge in [-0.1, -0.05) is 69.9 Å². The van der Waals surface area contributed by atoms with Crippen molar-refractivity contribution in [3.8, 4) is 0 Å². The Bertz CT molecular complexity index is 686. The van der Waals surface area contributed by atoms with Crippen LogP contribution in [0.4, 0.5) is 10.5 Å². The smallest absolute Gasteiger partial charge is 0.411 e. The van der Waals surface area contributed by atoms with Crippen molar-refractivity contribution in [3.63, 3.8) is 0 Å².